The van der Waals surface area contributed by atoms with Crippen LogP contribution in [0.2, 0.25) is 0 Å². The van der Waals surface area contributed by atoms with Gasteiger partial charge in [0.2, 0.25) is 5.88 Å². The summed E-state index contributed by atoms with van der Waals surface area (Å²) >= 11 is 0. The van der Waals surface area contributed by atoms with Crippen molar-refractivity contribution in [1.29, 1.82) is 0 Å². The maximum Gasteiger partial charge on any atom is 0.324 e. The van der Waals surface area contributed by atoms with Crippen molar-refractivity contribution < 1.29 is 18.1 Å². The zero-order valence-corrected chi connectivity index (χ0v) is 17.4. The van der Waals surface area contributed by atoms with Gasteiger partial charge in [-0.15, -0.1) is 0 Å². The first-order chi connectivity index (χ1) is 15.0. The zero-order chi connectivity index (χ0) is 22.0. The third-order valence-corrected chi connectivity index (χ3v) is 5.63. The number of likely N-dealkylation sites (tertiary alicyclic amines) is 1. The summed E-state index contributed by atoms with van der Waals surface area (Å²) in [7, 11) is 0. The Morgan fingerprint density at radius 3 is 2.77 bits per heavy atom. The van der Waals surface area contributed by atoms with E-state index < -0.39 is 11.6 Å². The van der Waals surface area contributed by atoms with E-state index in [0.29, 0.717) is 31.8 Å². The van der Waals surface area contributed by atoms with Crippen LogP contribution in [-0.4, -0.2) is 39.1 Å². The highest BCUT2D eigenvalue weighted by Crippen LogP contribution is 2.29. The van der Waals surface area contributed by atoms with Crippen molar-refractivity contribution >= 4 is 11.9 Å². The van der Waals surface area contributed by atoms with E-state index in [1.165, 1.54) is 12.1 Å². The number of carbonyl (C=O) groups excluding carboxylic acids is 1. The minimum Gasteiger partial charge on any atom is -0.338 e. The van der Waals surface area contributed by atoms with Crippen molar-refractivity contribution in [3.8, 4) is 11.4 Å². The van der Waals surface area contributed by atoms with Gasteiger partial charge in [-0.1, -0.05) is 18.1 Å². The van der Waals surface area contributed by atoms with E-state index in [9.17, 15) is 13.6 Å². The highest BCUT2D eigenvalue weighted by atomic mass is 19.2. The van der Waals surface area contributed by atoms with Crippen LogP contribution in [0.5, 0.6) is 0 Å². The number of benzene rings is 1. The smallest absolute Gasteiger partial charge is 0.324 e. The minimum absolute atomic E-state index is 0.0349. The van der Waals surface area contributed by atoms with Crippen molar-refractivity contribution in [3.05, 3.63) is 59.0 Å². The number of aromatic nitrogens is 3. The minimum atomic E-state index is -0.958. The number of aryl methyl sites for hydroxylation is 1. The molecule has 3 aromatic rings. The molecule has 2 aromatic heterocycles. The number of nitrogens with zero attached hydrogens (tertiary/aromatic N) is 4. The number of rotatable bonds is 4. The summed E-state index contributed by atoms with van der Waals surface area (Å²) in [5.41, 5.74) is 2.45. The molecule has 1 aliphatic rings. The van der Waals surface area contributed by atoms with Crippen molar-refractivity contribution in [2.75, 3.05) is 18.4 Å². The number of carbonyl (C=O) groups is 1. The lowest BCUT2D eigenvalue weighted by Crippen LogP contribution is -2.40. The molecule has 1 saturated heterocycles. The van der Waals surface area contributed by atoms with Crippen LogP contribution >= 0.6 is 0 Å². The summed E-state index contributed by atoms with van der Waals surface area (Å²) < 4.78 is 32.9. The Kier molecular flexibility index (Phi) is 5.92. The maximum absolute atomic E-state index is 14.1. The molecule has 7 nitrogen and oxygen atoms in total. The normalized spacial score (nSPS) is 14.6. The molecule has 1 aromatic carbocycles. The predicted octanol–water partition coefficient (Wildman–Crippen LogP) is 4.69. The first-order valence-corrected chi connectivity index (χ1v) is 10.3. The Morgan fingerprint density at radius 1 is 1.26 bits per heavy atom. The van der Waals surface area contributed by atoms with Crippen LogP contribution in [0.1, 0.15) is 42.6 Å². The zero-order valence-electron chi connectivity index (χ0n) is 17.4. The van der Waals surface area contributed by atoms with E-state index in [-0.39, 0.29) is 23.3 Å². The average molecular weight is 427 g/mol. The van der Waals surface area contributed by atoms with Gasteiger partial charge in [-0.25, -0.2) is 23.5 Å². The van der Waals surface area contributed by atoms with Gasteiger partial charge >= 0.3 is 6.03 Å². The quantitative estimate of drug-likeness (QED) is 0.653. The number of urea groups is 1. The van der Waals surface area contributed by atoms with Crippen molar-refractivity contribution in [2.24, 2.45) is 0 Å². The topological polar surface area (TPSA) is 84.2 Å². The summed E-state index contributed by atoms with van der Waals surface area (Å²) in [5.74, 6) is -1.24. The first-order valence-electron chi connectivity index (χ1n) is 10.3. The average Bonchev–Trinajstić information content (AvgIpc) is 3.14. The number of halogens is 2. The largest absolute Gasteiger partial charge is 0.338 e. The van der Waals surface area contributed by atoms with Gasteiger partial charge in [-0.05, 0) is 44.4 Å². The lowest BCUT2D eigenvalue weighted by Gasteiger charge is -2.31. The number of anilines is 1. The fourth-order valence-electron chi connectivity index (χ4n) is 3.86. The van der Waals surface area contributed by atoms with E-state index in [2.05, 4.69) is 20.4 Å². The van der Waals surface area contributed by atoms with Crippen LogP contribution in [0.15, 0.2) is 35.0 Å². The molecule has 0 radical (unpaired) electrons. The molecule has 9 heteroatoms. The molecule has 0 atom stereocenters. The third-order valence-electron chi connectivity index (χ3n) is 5.63. The fraction of sp³-hybridized carbons (Fsp3) is 0.364. The molecule has 0 aliphatic carbocycles. The van der Waals surface area contributed by atoms with E-state index >= 15 is 0 Å². The van der Waals surface area contributed by atoms with Crippen LogP contribution in [0.4, 0.5) is 19.5 Å². The molecule has 4 rings (SSSR count). The number of piperidine rings is 1. The summed E-state index contributed by atoms with van der Waals surface area (Å²) in [5, 5.41) is 6.71. The van der Waals surface area contributed by atoms with E-state index in [4.69, 9.17) is 4.52 Å². The van der Waals surface area contributed by atoms with Crippen LogP contribution in [0.3, 0.4) is 0 Å². The lowest BCUT2D eigenvalue weighted by atomic mass is 9.93. The molecule has 31 heavy (non-hydrogen) atoms. The van der Waals surface area contributed by atoms with Gasteiger partial charge in [0.15, 0.2) is 17.5 Å². The third kappa shape index (κ3) is 4.26. The second-order valence-electron chi connectivity index (χ2n) is 7.53. The molecule has 3 heterocycles. The highest BCUT2D eigenvalue weighted by Gasteiger charge is 2.26. The second-order valence-corrected chi connectivity index (χ2v) is 7.53. The van der Waals surface area contributed by atoms with E-state index in [0.717, 1.165) is 29.4 Å². The Morgan fingerprint density at radius 2 is 2.03 bits per heavy atom. The van der Waals surface area contributed by atoms with Crippen LogP contribution < -0.4 is 5.32 Å². The fourth-order valence-corrected chi connectivity index (χ4v) is 3.86. The van der Waals surface area contributed by atoms with Crippen molar-refractivity contribution in [2.45, 2.75) is 39.0 Å². The number of nitrogens with one attached hydrogen (secondary N) is 1. The Balaban J connectivity index is 1.42. The molecule has 2 amide bonds. The number of hydrogen-bond acceptors (Lipinski definition) is 5. The monoisotopic (exact) mass is 427 g/mol. The van der Waals surface area contributed by atoms with Crippen LogP contribution in [0, 0.1) is 18.6 Å². The molecule has 1 N–H and O–H groups in total. The molecule has 0 bridgehead atoms. The Bertz CT molecular complexity index is 1090. The molecule has 0 spiro atoms. The Labute approximate surface area is 178 Å². The predicted molar refractivity (Wildman–Crippen MR) is 111 cm³/mol. The number of hydrogen-bond donors (Lipinski definition) is 1. The molecule has 1 fully saturated rings. The van der Waals surface area contributed by atoms with Gasteiger partial charge in [0.1, 0.15) is 0 Å². The van der Waals surface area contributed by atoms with E-state index in [1.807, 2.05) is 13.8 Å². The van der Waals surface area contributed by atoms with Gasteiger partial charge in [0.25, 0.3) is 0 Å². The Hall–Kier alpha value is -3.36. The molecular formula is C22H23F2N5O2. The van der Waals surface area contributed by atoms with Crippen LogP contribution in [0.25, 0.3) is 11.4 Å². The summed E-state index contributed by atoms with van der Waals surface area (Å²) in [4.78, 5) is 22.9. The SMILES string of the molecule is CCc1c(C)noc1NC(=O)N1CCC(c2ccnc(-c3cccc(F)c3F)n2)CC1. The summed E-state index contributed by atoms with van der Waals surface area (Å²) in [6.45, 7) is 4.90. The maximum atomic E-state index is 14.1. The van der Waals surface area contributed by atoms with Crippen molar-refractivity contribution in [3.63, 3.8) is 0 Å². The summed E-state index contributed by atoms with van der Waals surface area (Å²) in [6, 6.07) is 5.51. The molecule has 1 aliphatic heterocycles. The van der Waals surface area contributed by atoms with Gasteiger partial charge in [-0.2, -0.15) is 0 Å². The van der Waals surface area contributed by atoms with Crippen molar-refractivity contribution in [1.82, 2.24) is 20.0 Å². The van der Waals surface area contributed by atoms with Gasteiger partial charge in [0, 0.05) is 36.5 Å². The summed E-state index contributed by atoms with van der Waals surface area (Å²) in [6.07, 6.45) is 3.67. The lowest BCUT2D eigenvalue weighted by molar-refractivity contribution is 0.193. The highest BCUT2D eigenvalue weighted by molar-refractivity contribution is 5.88. The van der Waals surface area contributed by atoms with Gasteiger partial charge < -0.3 is 9.42 Å². The van der Waals surface area contributed by atoms with Gasteiger partial charge in [0.05, 0.1) is 11.3 Å². The molecule has 0 saturated carbocycles. The molecule has 162 valence electrons. The first kappa shape index (κ1) is 20.9. The van der Waals surface area contributed by atoms with Crippen LogP contribution in [-0.2, 0) is 6.42 Å². The second kappa shape index (κ2) is 8.79. The van der Waals surface area contributed by atoms with Gasteiger partial charge in [-0.3, -0.25) is 5.32 Å². The molecular weight excluding hydrogens is 404 g/mol. The molecule has 0 unspecified atom stereocenters. The standard InChI is InChI=1S/C22H23F2N5O2/c1-3-15-13(2)28-31-21(15)27-22(30)29-11-8-14(9-12-29)18-7-10-25-20(26-18)16-5-4-6-17(23)19(16)24/h4-7,10,14H,3,8-9,11-12H2,1-2H3,(H,27,30). The number of amides is 2. The van der Waals surface area contributed by atoms with E-state index in [1.54, 1.807) is 17.2 Å².